The predicted octanol–water partition coefficient (Wildman–Crippen LogP) is 5.77. The number of unbranched alkanes of at least 4 members (excludes halogenated alkanes) is 3. The maximum Gasteiger partial charge on any atom is 0.271 e. The van der Waals surface area contributed by atoms with Crippen LogP contribution >= 0.6 is 11.6 Å². The number of benzene rings is 2. The predicted molar refractivity (Wildman–Crippen MR) is 118 cm³/mol. The molecule has 29 heavy (non-hydrogen) atoms. The molecule has 1 amide bonds. The molecule has 2 aromatic carbocycles. The minimum absolute atomic E-state index is 0.274. The molecule has 0 aliphatic carbocycles. The highest BCUT2D eigenvalue weighted by Crippen LogP contribution is 2.36. The van der Waals surface area contributed by atoms with Crippen LogP contribution in [0.2, 0.25) is 5.02 Å². The van der Waals surface area contributed by atoms with Crippen LogP contribution in [0.3, 0.4) is 0 Å². The highest BCUT2D eigenvalue weighted by molar-refractivity contribution is 6.32. The lowest BCUT2D eigenvalue weighted by atomic mass is 10.1. The van der Waals surface area contributed by atoms with E-state index in [1.807, 2.05) is 26.0 Å². The molecule has 0 bridgehead atoms. The Bertz CT molecular complexity index is 820. The molecule has 2 aromatic rings. The Labute approximate surface area is 178 Å². The molecular formula is C23H29ClN2O3. The first kappa shape index (κ1) is 22.8. The highest BCUT2D eigenvalue weighted by atomic mass is 35.5. The van der Waals surface area contributed by atoms with Crippen LogP contribution in [0.15, 0.2) is 41.5 Å². The Kier molecular flexibility index (Phi) is 9.51. The lowest BCUT2D eigenvalue weighted by molar-refractivity contribution is 0.0955. The van der Waals surface area contributed by atoms with Crippen LogP contribution in [0.5, 0.6) is 11.5 Å². The van der Waals surface area contributed by atoms with Gasteiger partial charge in [0.05, 0.1) is 24.5 Å². The third-order valence-corrected chi connectivity index (χ3v) is 4.55. The van der Waals surface area contributed by atoms with E-state index in [1.165, 1.54) is 19.1 Å². The number of rotatable bonds is 11. The summed E-state index contributed by atoms with van der Waals surface area (Å²) in [5.41, 5.74) is 4.87. The Hall–Kier alpha value is -2.53. The summed E-state index contributed by atoms with van der Waals surface area (Å²) in [5, 5.41) is 4.48. The Balaban J connectivity index is 2.03. The van der Waals surface area contributed by atoms with Crippen molar-refractivity contribution in [2.75, 3.05) is 13.2 Å². The molecule has 0 unspecified atom stereocenters. The van der Waals surface area contributed by atoms with Gasteiger partial charge in [0.25, 0.3) is 5.91 Å². The molecule has 0 saturated carbocycles. The second kappa shape index (κ2) is 12.1. The van der Waals surface area contributed by atoms with Crippen molar-refractivity contribution in [1.82, 2.24) is 5.43 Å². The first-order valence-electron chi connectivity index (χ1n) is 10.0. The molecule has 0 radical (unpaired) electrons. The van der Waals surface area contributed by atoms with Gasteiger partial charge in [0.15, 0.2) is 11.5 Å². The molecule has 6 heteroatoms. The average Bonchev–Trinajstić information content (AvgIpc) is 2.70. The smallest absolute Gasteiger partial charge is 0.271 e. The van der Waals surface area contributed by atoms with E-state index in [-0.39, 0.29) is 5.91 Å². The zero-order valence-electron chi connectivity index (χ0n) is 17.3. The second-order valence-corrected chi connectivity index (χ2v) is 7.14. The van der Waals surface area contributed by atoms with E-state index in [9.17, 15) is 4.79 Å². The average molecular weight is 417 g/mol. The monoisotopic (exact) mass is 416 g/mol. The zero-order valence-corrected chi connectivity index (χ0v) is 18.1. The quantitative estimate of drug-likeness (QED) is 0.287. The summed E-state index contributed by atoms with van der Waals surface area (Å²) in [4.78, 5) is 12.1. The number of halogens is 1. The lowest BCUT2D eigenvalue weighted by Gasteiger charge is -2.14. The second-order valence-electron chi connectivity index (χ2n) is 6.74. The Morgan fingerprint density at radius 3 is 2.55 bits per heavy atom. The van der Waals surface area contributed by atoms with Crippen molar-refractivity contribution in [3.8, 4) is 11.5 Å². The number of amides is 1. The van der Waals surface area contributed by atoms with E-state index in [0.717, 1.165) is 18.4 Å². The molecule has 5 nitrogen and oxygen atoms in total. The number of nitrogens with one attached hydrogen (secondary N) is 1. The van der Waals surface area contributed by atoms with Crippen LogP contribution in [-0.4, -0.2) is 25.3 Å². The molecule has 0 atom stereocenters. The van der Waals surface area contributed by atoms with Gasteiger partial charge in [0.2, 0.25) is 0 Å². The van der Waals surface area contributed by atoms with Crippen molar-refractivity contribution in [3.05, 3.63) is 58.1 Å². The third kappa shape index (κ3) is 7.42. The van der Waals surface area contributed by atoms with E-state index < -0.39 is 0 Å². The van der Waals surface area contributed by atoms with Gasteiger partial charge >= 0.3 is 0 Å². The number of hydrogen-bond acceptors (Lipinski definition) is 4. The van der Waals surface area contributed by atoms with E-state index in [0.29, 0.717) is 40.9 Å². The number of hydrogen-bond donors (Lipinski definition) is 1. The van der Waals surface area contributed by atoms with Crippen LogP contribution in [0.1, 0.15) is 61.0 Å². The van der Waals surface area contributed by atoms with Crippen molar-refractivity contribution in [2.45, 2.75) is 46.5 Å². The highest BCUT2D eigenvalue weighted by Gasteiger charge is 2.12. The Morgan fingerprint density at radius 2 is 1.86 bits per heavy atom. The van der Waals surface area contributed by atoms with Crippen molar-refractivity contribution < 1.29 is 14.3 Å². The summed E-state index contributed by atoms with van der Waals surface area (Å²) < 4.78 is 11.5. The SMILES string of the molecule is CCCCCCOc1c(Cl)cc(C=NNC(=O)c2ccc(C)cc2)cc1OCC. The van der Waals surface area contributed by atoms with E-state index >= 15 is 0 Å². The fourth-order valence-electron chi connectivity index (χ4n) is 2.70. The summed E-state index contributed by atoms with van der Waals surface area (Å²) in [7, 11) is 0. The molecule has 0 spiro atoms. The Morgan fingerprint density at radius 1 is 1.10 bits per heavy atom. The maximum absolute atomic E-state index is 12.1. The molecule has 1 N–H and O–H groups in total. The van der Waals surface area contributed by atoms with Gasteiger partial charge in [0, 0.05) is 5.56 Å². The van der Waals surface area contributed by atoms with Gasteiger partial charge in [-0.25, -0.2) is 5.43 Å². The van der Waals surface area contributed by atoms with Crippen LogP contribution in [0, 0.1) is 6.92 Å². The molecule has 2 rings (SSSR count). The normalized spacial score (nSPS) is 10.9. The van der Waals surface area contributed by atoms with Gasteiger partial charge in [-0.3, -0.25) is 4.79 Å². The van der Waals surface area contributed by atoms with Crippen molar-refractivity contribution in [3.63, 3.8) is 0 Å². The number of nitrogens with zero attached hydrogens (tertiary/aromatic N) is 1. The number of carbonyl (C=O) groups excluding carboxylic acids is 1. The van der Waals surface area contributed by atoms with E-state index in [2.05, 4.69) is 17.5 Å². The maximum atomic E-state index is 12.1. The molecule has 0 aliphatic heterocycles. The van der Waals surface area contributed by atoms with Crippen LogP contribution in [-0.2, 0) is 0 Å². The summed E-state index contributed by atoms with van der Waals surface area (Å²) in [6, 6.07) is 10.8. The van der Waals surface area contributed by atoms with E-state index in [1.54, 1.807) is 24.3 Å². The summed E-state index contributed by atoms with van der Waals surface area (Å²) >= 11 is 6.41. The molecule has 0 heterocycles. The van der Waals surface area contributed by atoms with Crippen molar-refractivity contribution >= 4 is 23.7 Å². The van der Waals surface area contributed by atoms with Gasteiger partial charge in [-0.1, -0.05) is 55.5 Å². The minimum Gasteiger partial charge on any atom is -0.490 e. The number of aryl methyl sites for hydroxylation is 1. The van der Waals surface area contributed by atoms with Crippen molar-refractivity contribution in [2.24, 2.45) is 5.10 Å². The van der Waals surface area contributed by atoms with Crippen LogP contribution in [0.25, 0.3) is 0 Å². The lowest BCUT2D eigenvalue weighted by Crippen LogP contribution is -2.17. The van der Waals surface area contributed by atoms with E-state index in [4.69, 9.17) is 21.1 Å². The van der Waals surface area contributed by atoms with Gasteiger partial charge in [-0.2, -0.15) is 5.10 Å². The topological polar surface area (TPSA) is 59.9 Å². The van der Waals surface area contributed by atoms with Gasteiger partial charge in [-0.15, -0.1) is 0 Å². The molecular weight excluding hydrogens is 388 g/mol. The summed E-state index contributed by atoms with van der Waals surface area (Å²) in [6.07, 6.45) is 6.01. The minimum atomic E-state index is -0.274. The van der Waals surface area contributed by atoms with Gasteiger partial charge < -0.3 is 9.47 Å². The number of hydrazone groups is 1. The third-order valence-electron chi connectivity index (χ3n) is 4.27. The van der Waals surface area contributed by atoms with Gasteiger partial charge in [0.1, 0.15) is 0 Å². The molecule has 156 valence electrons. The fraction of sp³-hybridized carbons (Fsp3) is 0.391. The van der Waals surface area contributed by atoms with Crippen LogP contribution in [0.4, 0.5) is 0 Å². The molecule has 0 saturated heterocycles. The first-order chi connectivity index (χ1) is 14.0. The molecule has 0 aliphatic rings. The zero-order chi connectivity index (χ0) is 21.1. The standard InChI is InChI=1S/C23H29ClN2O3/c1-4-6-7-8-13-29-22-20(24)14-18(15-21(22)28-5-2)16-25-26-23(27)19-11-9-17(3)10-12-19/h9-12,14-16H,4-8,13H2,1-3H3,(H,26,27). The molecule has 0 fully saturated rings. The van der Waals surface area contributed by atoms with Crippen molar-refractivity contribution in [1.29, 1.82) is 0 Å². The first-order valence-corrected chi connectivity index (χ1v) is 10.4. The number of ether oxygens (including phenoxy) is 2. The van der Waals surface area contributed by atoms with Gasteiger partial charge in [-0.05, 0) is 50.1 Å². The summed E-state index contributed by atoms with van der Waals surface area (Å²) in [5.74, 6) is 0.845. The largest absolute Gasteiger partial charge is 0.490 e. The number of carbonyl (C=O) groups is 1. The molecule has 0 aromatic heterocycles. The fourth-order valence-corrected chi connectivity index (χ4v) is 2.98. The summed E-state index contributed by atoms with van der Waals surface area (Å²) in [6.45, 7) is 7.14. The van der Waals surface area contributed by atoms with Crippen LogP contribution < -0.4 is 14.9 Å².